The Morgan fingerprint density at radius 1 is 1.17 bits per heavy atom. The lowest BCUT2D eigenvalue weighted by Crippen LogP contribution is -2.25. The summed E-state index contributed by atoms with van der Waals surface area (Å²) in [5, 5.41) is 7.15. The summed E-state index contributed by atoms with van der Waals surface area (Å²) in [4.78, 5) is 36.4. The normalized spacial score (nSPS) is 13.1. The molecule has 0 fully saturated rings. The van der Waals surface area contributed by atoms with Crippen molar-refractivity contribution in [3.05, 3.63) is 75.7 Å². The molecule has 5 rings (SSSR count). The number of hydrogen-bond acceptors (Lipinski definition) is 6. The highest BCUT2D eigenvalue weighted by molar-refractivity contribution is 5.79. The van der Waals surface area contributed by atoms with Gasteiger partial charge in [0.2, 0.25) is 11.9 Å². The van der Waals surface area contributed by atoms with Gasteiger partial charge in [-0.1, -0.05) is 18.2 Å². The quantitative estimate of drug-likeness (QED) is 0.435. The fourth-order valence-electron chi connectivity index (χ4n) is 4.59. The summed E-state index contributed by atoms with van der Waals surface area (Å²) in [5.74, 6) is 0.430. The molecular formula is C27H31N7O2. The first-order valence-electron chi connectivity index (χ1n) is 12.2. The fraction of sp³-hybridized carbons (Fsp3) is 0.333. The molecule has 0 spiro atoms. The maximum absolute atomic E-state index is 13.3. The van der Waals surface area contributed by atoms with Gasteiger partial charge in [-0.05, 0) is 67.8 Å². The molecule has 1 aliphatic rings. The first-order valence-corrected chi connectivity index (χ1v) is 12.2. The molecule has 0 saturated heterocycles. The van der Waals surface area contributed by atoms with E-state index in [4.69, 9.17) is 4.98 Å². The highest BCUT2D eigenvalue weighted by Gasteiger charge is 2.20. The first kappa shape index (κ1) is 23.7. The van der Waals surface area contributed by atoms with Gasteiger partial charge in [-0.15, -0.1) is 0 Å². The number of anilines is 2. The van der Waals surface area contributed by atoms with Crippen molar-refractivity contribution in [1.82, 2.24) is 29.5 Å². The van der Waals surface area contributed by atoms with Gasteiger partial charge in [-0.2, -0.15) is 4.98 Å². The van der Waals surface area contributed by atoms with Crippen LogP contribution >= 0.6 is 0 Å². The maximum Gasteiger partial charge on any atom is 0.278 e. The lowest BCUT2D eigenvalue weighted by molar-refractivity contribution is -0.127. The van der Waals surface area contributed by atoms with E-state index in [1.165, 1.54) is 11.1 Å². The van der Waals surface area contributed by atoms with E-state index in [1.54, 1.807) is 29.9 Å². The van der Waals surface area contributed by atoms with Crippen molar-refractivity contribution in [3.8, 4) is 5.69 Å². The number of carbonyl (C=O) groups is 1. The van der Waals surface area contributed by atoms with Crippen molar-refractivity contribution in [1.29, 1.82) is 0 Å². The minimum absolute atomic E-state index is 0.0137. The van der Waals surface area contributed by atoms with Gasteiger partial charge in [0.15, 0.2) is 5.65 Å². The molecule has 0 aliphatic carbocycles. The fourth-order valence-corrected chi connectivity index (χ4v) is 4.59. The Balaban J connectivity index is 1.58. The highest BCUT2D eigenvalue weighted by Crippen LogP contribution is 2.24. The molecule has 1 amide bonds. The number of nitrogens with zero attached hydrogens (tertiary/aromatic N) is 5. The van der Waals surface area contributed by atoms with Crippen LogP contribution in [-0.2, 0) is 24.2 Å². The Kier molecular flexibility index (Phi) is 6.32. The van der Waals surface area contributed by atoms with E-state index in [0.717, 1.165) is 36.4 Å². The van der Waals surface area contributed by atoms with E-state index in [-0.39, 0.29) is 23.9 Å². The summed E-state index contributed by atoms with van der Waals surface area (Å²) in [6.07, 6.45) is 2.88. The second-order valence-electron chi connectivity index (χ2n) is 9.66. The highest BCUT2D eigenvalue weighted by atomic mass is 16.2. The third kappa shape index (κ3) is 4.49. The lowest BCUT2D eigenvalue weighted by atomic mass is 10.0. The predicted octanol–water partition coefficient (Wildman–Crippen LogP) is 3.18. The van der Waals surface area contributed by atoms with Crippen molar-refractivity contribution >= 4 is 28.6 Å². The number of hydrogen-bond donors (Lipinski definition) is 2. The Hall–Kier alpha value is -3.98. The van der Waals surface area contributed by atoms with Gasteiger partial charge in [0, 0.05) is 38.6 Å². The number of nitrogens with one attached hydrogen (secondary N) is 2. The molecule has 3 heterocycles. The summed E-state index contributed by atoms with van der Waals surface area (Å²) in [5.41, 5.74) is 5.52. The Bertz CT molecular complexity index is 1500. The van der Waals surface area contributed by atoms with Crippen LogP contribution in [0, 0.1) is 0 Å². The van der Waals surface area contributed by atoms with E-state index in [1.807, 2.05) is 48.9 Å². The molecule has 0 saturated carbocycles. The predicted molar refractivity (Wildman–Crippen MR) is 141 cm³/mol. The van der Waals surface area contributed by atoms with Gasteiger partial charge in [0.05, 0.1) is 12.1 Å². The molecule has 36 heavy (non-hydrogen) atoms. The zero-order valence-electron chi connectivity index (χ0n) is 21.1. The molecule has 0 atom stereocenters. The van der Waals surface area contributed by atoms with Crippen molar-refractivity contribution in [2.75, 3.05) is 26.0 Å². The average molecular weight is 486 g/mol. The summed E-state index contributed by atoms with van der Waals surface area (Å²) >= 11 is 0. The van der Waals surface area contributed by atoms with E-state index in [2.05, 4.69) is 27.8 Å². The Morgan fingerprint density at radius 3 is 2.78 bits per heavy atom. The lowest BCUT2D eigenvalue weighted by Gasteiger charge is -2.18. The largest absolute Gasteiger partial charge is 0.349 e. The SMILES string of the molecule is CC(C)n1c(=O)c2cnc(Nc3ccc4c(c3)CNCC4)nc2n1-c1cccc(CC(=O)N(C)C)c1. The molecule has 0 unspecified atom stereocenters. The molecular weight excluding hydrogens is 454 g/mol. The van der Waals surface area contributed by atoms with E-state index in [9.17, 15) is 9.59 Å². The molecule has 0 radical (unpaired) electrons. The van der Waals surface area contributed by atoms with E-state index in [0.29, 0.717) is 17.0 Å². The van der Waals surface area contributed by atoms with Crippen LogP contribution in [0.1, 0.15) is 36.6 Å². The number of rotatable bonds is 6. The van der Waals surface area contributed by atoms with Gasteiger partial charge in [-0.25, -0.2) is 14.3 Å². The summed E-state index contributed by atoms with van der Waals surface area (Å²) in [6.45, 7) is 5.76. The Morgan fingerprint density at radius 2 is 2.00 bits per heavy atom. The topological polar surface area (TPSA) is 97.1 Å². The van der Waals surface area contributed by atoms with Crippen molar-refractivity contribution in [2.24, 2.45) is 0 Å². The zero-order valence-corrected chi connectivity index (χ0v) is 21.1. The second kappa shape index (κ2) is 9.58. The van der Waals surface area contributed by atoms with Gasteiger partial charge >= 0.3 is 0 Å². The molecule has 4 aromatic rings. The van der Waals surface area contributed by atoms with Crippen LogP contribution in [0.25, 0.3) is 16.7 Å². The summed E-state index contributed by atoms with van der Waals surface area (Å²) < 4.78 is 3.51. The third-order valence-corrected chi connectivity index (χ3v) is 6.47. The number of benzene rings is 2. The second-order valence-corrected chi connectivity index (χ2v) is 9.66. The monoisotopic (exact) mass is 485 g/mol. The molecule has 1 aliphatic heterocycles. The van der Waals surface area contributed by atoms with Gasteiger partial charge in [-0.3, -0.25) is 9.59 Å². The molecule has 2 aromatic carbocycles. The van der Waals surface area contributed by atoms with Crippen LogP contribution in [-0.4, -0.2) is 50.8 Å². The standard InChI is InChI=1S/C27H31N7O2/c1-17(2)33-26(36)23-16-29-27(30-21-9-8-19-10-11-28-15-20(19)14-21)31-25(23)34(33)22-7-5-6-18(12-22)13-24(35)32(3)4/h5-9,12,14,16-17,28H,10-11,13,15H2,1-4H3,(H,29,30,31). The van der Waals surface area contributed by atoms with Crippen molar-refractivity contribution < 1.29 is 4.79 Å². The molecule has 2 aromatic heterocycles. The molecule has 9 nitrogen and oxygen atoms in total. The third-order valence-electron chi connectivity index (χ3n) is 6.47. The molecule has 0 bridgehead atoms. The number of amides is 1. The number of likely N-dealkylation sites (N-methyl/N-ethyl adjacent to an activating group) is 1. The van der Waals surface area contributed by atoms with Gasteiger partial charge < -0.3 is 15.5 Å². The molecule has 9 heteroatoms. The Labute approximate surface area is 209 Å². The number of fused-ring (bicyclic) bond motifs is 2. The van der Waals surface area contributed by atoms with Crippen molar-refractivity contribution in [3.63, 3.8) is 0 Å². The minimum atomic E-state index is -0.152. The maximum atomic E-state index is 13.3. The smallest absolute Gasteiger partial charge is 0.278 e. The van der Waals surface area contributed by atoms with Gasteiger partial charge in [0.1, 0.15) is 5.39 Å². The van der Waals surface area contributed by atoms with Crippen LogP contribution in [0.5, 0.6) is 0 Å². The van der Waals surface area contributed by atoms with Crippen molar-refractivity contribution in [2.45, 2.75) is 39.3 Å². The van der Waals surface area contributed by atoms with E-state index < -0.39 is 0 Å². The number of carbonyl (C=O) groups excluding carboxylic acids is 1. The van der Waals surface area contributed by atoms with Crippen LogP contribution < -0.4 is 16.2 Å². The first-order chi connectivity index (χ1) is 17.3. The average Bonchev–Trinajstić information content (AvgIpc) is 3.16. The van der Waals surface area contributed by atoms with Crippen LogP contribution in [0.3, 0.4) is 0 Å². The molecule has 186 valence electrons. The van der Waals surface area contributed by atoms with Crippen LogP contribution in [0.15, 0.2) is 53.5 Å². The molecule has 2 N–H and O–H groups in total. The van der Waals surface area contributed by atoms with Crippen LogP contribution in [0.4, 0.5) is 11.6 Å². The van der Waals surface area contributed by atoms with Crippen LogP contribution in [0.2, 0.25) is 0 Å². The summed E-state index contributed by atoms with van der Waals surface area (Å²) in [7, 11) is 3.49. The summed E-state index contributed by atoms with van der Waals surface area (Å²) in [6, 6.07) is 13.9. The van der Waals surface area contributed by atoms with Gasteiger partial charge in [0.25, 0.3) is 5.56 Å². The number of aromatic nitrogens is 4. The zero-order chi connectivity index (χ0) is 25.4. The minimum Gasteiger partial charge on any atom is -0.349 e. The van der Waals surface area contributed by atoms with E-state index >= 15 is 0 Å².